The van der Waals surface area contributed by atoms with Crippen molar-refractivity contribution < 1.29 is 0 Å². The third-order valence-electron chi connectivity index (χ3n) is 2.31. The Kier molecular flexibility index (Phi) is 2.36. The molecule has 1 aliphatic carbocycles. The van der Waals surface area contributed by atoms with Crippen LogP contribution in [0.4, 0.5) is 0 Å². The van der Waals surface area contributed by atoms with Gasteiger partial charge in [-0.25, -0.2) is 0 Å². The number of hydrogen-bond acceptors (Lipinski definition) is 0. The number of allylic oxidation sites excluding steroid dienone is 6. The van der Waals surface area contributed by atoms with Gasteiger partial charge in [-0.3, -0.25) is 0 Å². The predicted octanol–water partition coefficient (Wildman–Crippen LogP) is 3.78. The largest absolute Gasteiger partial charge is 0.0685 e. The lowest BCUT2D eigenvalue weighted by Gasteiger charge is -1.97. The summed E-state index contributed by atoms with van der Waals surface area (Å²) in [4.78, 5) is 0. The van der Waals surface area contributed by atoms with Crippen LogP contribution in [0.3, 0.4) is 0 Å². The molecule has 69 valence electrons. The zero-order valence-electron chi connectivity index (χ0n) is 8.54. The predicted molar refractivity (Wildman–Crippen MR) is 60.6 cm³/mol. The first kappa shape index (κ1) is 9.01. The van der Waals surface area contributed by atoms with E-state index in [1.54, 1.807) is 0 Å². The molecule has 2 rings (SSSR count). The van der Waals surface area contributed by atoms with Gasteiger partial charge in [0.1, 0.15) is 0 Å². The molecule has 0 aromatic heterocycles. The summed E-state index contributed by atoms with van der Waals surface area (Å²) in [6, 6.07) is 10.4. The standard InChI is InChI=1S/C14H13/c1-11(2)13-8-9-14(10-13)12-6-4-3-5-7-12/h3-9H,1-2H3. The van der Waals surface area contributed by atoms with Crippen molar-refractivity contribution in [3.63, 3.8) is 0 Å². The molecule has 0 amide bonds. The highest BCUT2D eigenvalue weighted by Crippen LogP contribution is 2.25. The lowest BCUT2D eigenvalue weighted by Crippen LogP contribution is -1.77. The van der Waals surface area contributed by atoms with Gasteiger partial charge in [0.15, 0.2) is 0 Å². The second kappa shape index (κ2) is 3.67. The van der Waals surface area contributed by atoms with Gasteiger partial charge in [-0.15, -0.1) is 0 Å². The Morgan fingerprint density at radius 1 is 1.00 bits per heavy atom. The minimum absolute atomic E-state index is 1.18. The monoisotopic (exact) mass is 181 g/mol. The zero-order chi connectivity index (χ0) is 9.97. The summed E-state index contributed by atoms with van der Waals surface area (Å²) in [5, 5.41) is 0. The van der Waals surface area contributed by atoms with Crippen LogP contribution in [0, 0.1) is 6.08 Å². The maximum Gasteiger partial charge on any atom is -0.00212 e. The van der Waals surface area contributed by atoms with Crippen molar-refractivity contribution in [3.05, 3.63) is 65.3 Å². The van der Waals surface area contributed by atoms with Gasteiger partial charge in [0.25, 0.3) is 0 Å². The Hall–Kier alpha value is -1.56. The molecule has 0 aliphatic heterocycles. The van der Waals surface area contributed by atoms with Crippen molar-refractivity contribution in [2.75, 3.05) is 0 Å². The van der Waals surface area contributed by atoms with E-state index < -0.39 is 0 Å². The summed E-state index contributed by atoms with van der Waals surface area (Å²) in [5.41, 5.74) is 4.94. The first-order chi connectivity index (χ1) is 6.77. The molecule has 1 aromatic rings. The van der Waals surface area contributed by atoms with Gasteiger partial charge in [0, 0.05) is 0 Å². The minimum Gasteiger partial charge on any atom is -0.0685 e. The van der Waals surface area contributed by atoms with Crippen molar-refractivity contribution in [1.82, 2.24) is 0 Å². The number of rotatable bonds is 1. The molecule has 0 bridgehead atoms. The molecular weight excluding hydrogens is 168 g/mol. The maximum absolute atomic E-state index is 3.39. The van der Waals surface area contributed by atoms with Crippen molar-refractivity contribution in [2.24, 2.45) is 0 Å². The van der Waals surface area contributed by atoms with E-state index in [9.17, 15) is 0 Å². The highest BCUT2D eigenvalue weighted by molar-refractivity contribution is 5.78. The van der Waals surface area contributed by atoms with Crippen LogP contribution in [-0.2, 0) is 0 Å². The topological polar surface area (TPSA) is 0 Å². The fourth-order valence-corrected chi connectivity index (χ4v) is 1.47. The number of hydrogen-bond donors (Lipinski definition) is 0. The van der Waals surface area contributed by atoms with E-state index >= 15 is 0 Å². The average Bonchev–Trinajstić information content (AvgIpc) is 2.68. The van der Waals surface area contributed by atoms with Crippen molar-refractivity contribution >= 4 is 5.57 Å². The molecule has 0 saturated heterocycles. The SMILES string of the molecule is CC(C)=C1[C]=C(c2ccccc2)C=C1. The Balaban J connectivity index is 2.38. The molecule has 0 atom stereocenters. The second-order valence-electron chi connectivity index (χ2n) is 3.65. The first-order valence-corrected chi connectivity index (χ1v) is 4.82. The van der Waals surface area contributed by atoms with Crippen LogP contribution in [0.25, 0.3) is 5.57 Å². The van der Waals surface area contributed by atoms with Gasteiger partial charge in [0.2, 0.25) is 0 Å². The van der Waals surface area contributed by atoms with Crippen LogP contribution in [0.1, 0.15) is 19.4 Å². The third-order valence-corrected chi connectivity index (χ3v) is 2.31. The summed E-state index contributed by atoms with van der Waals surface area (Å²) < 4.78 is 0. The van der Waals surface area contributed by atoms with Crippen molar-refractivity contribution in [2.45, 2.75) is 13.8 Å². The van der Waals surface area contributed by atoms with Crippen molar-refractivity contribution in [1.29, 1.82) is 0 Å². The summed E-state index contributed by atoms with van der Waals surface area (Å²) >= 11 is 0. The molecule has 14 heavy (non-hydrogen) atoms. The third kappa shape index (κ3) is 1.69. The van der Waals surface area contributed by atoms with Crippen LogP contribution in [-0.4, -0.2) is 0 Å². The molecule has 1 radical (unpaired) electrons. The Morgan fingerprint density at radius 3 is 2.29 bits per heavy atom. The van der Waals surface area contributed by atoms with E-state index in [2.05, 4.69) is 56.3 Å². The van der Waals surface area contributed by atoms with Gasteiger partial charge in [-0.1, -0.05) is 48.1 Å². The van der Waals surface area contributed by atoms with E-state index in [1.807, 2.05) is 6.07 Å². The van der Waals surface area contributed by atoms with Crippen molar-refractivity contribution in [3.8, 4) is 0 Å². The highest BCUT2D eigenvalue weighted by Gasteiger charge is 2.05. The van der Waals surface area contributed by atoms with Crippen LogP contribution in [0.15, 0.2) is 53.6 Å². The summed E-state index contributed by atoms with van der Waals surface area (Å²) in [5.74, 6) is 0. The quantitative estimate of drug-likeness (QED) is 0.618. The Labute approximate surface area is 85.3 Å². The smallest absolute Gasteiger partial charge is 0.00212 e. The molecule has 0 heterocycles. The Morgan fingerprint density at radius 2 is 1.71 bits per heavy atom. The van der Waals surface area contributed by atoms with Gasteiger partial charge in [-0.2, -0.15) is 0 Å². The Bertz CT molecular complexity index is 413. The summed E-state index contributed by atoms with van der Waals surface area (Å²) in [6.45, 7) is 4.22. The van der Waals surface area contributed by atoms with Crippen LogP contribution >= 0.6 is 0 Å². The van der Waals surface area contributed by atoms with E-state index in [1.165, 1.54) is 22.3 Å². The average molecular weight is 181 g/mol. The first-order valence-electron chi connectivity index (χ1n) is 4.82. The fraction of sp³-hybridized carbons (Fsp3) is 0.143. The molecule has 1 aromatic carbocycles. The normalized spacial score (nSPS) is 14.4. The highest BCUT2D eigenvalue weighted by atomic mass is 14.1. The van der Waals surface area contributed by atoms with Gasteiger partial charge in [0.05, 0.1) is 0 Å². The molecule has 1 aliphatic rings. The molecule has 0 saturated carbocycles. The molecule has 0 unspecified atom stereocenters. The molecule has 0 fully saturated rings. The molecule has 0 spiro atoms. The summed E-state index contributed by atoms with van der Waals surface area (Å²) in [6.07, 6.45) is 7.64. The van der Waals surface area contributed by atoms with E-state index in [0.29, 0.717) is 0 Å². The molecule has 0 heteroatoms. The van der Waals surface area contributed by atoms with Gasteiger partial charge in [-0.05, 0) is 36.6 Å². The van der Waals surface area contributed by atoms with E-state index in [-0.39, 0.29) is 0 Å². The van der Waals surface area contributed by atoms with Crippen LogP contribution < -0.4 is 0 Å². The molecule has 0 N–H and O–H groups in total. The van der Waals surface area contributed by atoms with Gasteiger partial charge >= 0.3 is 0 Å². The molecular formula is C14H13. The minimum atomic E-state index is 1.18. The van der Waals surface area contributed by atoms with Gasteiger partial charge < -0.3 is 0 Å². The van der Waals surface area contributed by atoms with Crippen LogP contribution in [0.2, 0.25) is 0 Å². The lowest BCUT2D eigenvalue weighted by atomic mass is 10.1. The number of benzene rings is 1. The van der Waals surface area contributed by atoms with Crippen LogP contribution in [0.5, 0.6) is 0 Å². The van der Waals surface area contributed by atoms with E-state index in [0.717, 1.165) is 0 Å². The maximum atomic E-state index is 3.39. The fourth-order valence-electron chi connectivity index (χ4n) is 1.47. The van der Waals surface area contributed by atoms with E-state index in [4.69, 9.17) is 0 Å². The summed E-state index contributed by atoms with van der Waals surface area (Å²) in [7, 11) is 0. The molecule has 0 nitrogen and oxygen atoms in total. The lowest BCUT2D eigenvalue weighted by molar-refractivity contribution is 1.34. The zero-order valence-corrected chi connectivity index (χ0v) is 8.54. The second-order valence-corrected chi connectivity index (χ2v) is 3.65.